The fourth-order valence-electron chi connectivity index (χ4n) is 3.93. The van der Waals surface area contributed by atoms with Gasteiger partial charge in [0, 0.05) is 28.8 Å². The fourth-order valence-corrected chi connectivity index (χ4v) is 4.10. The Hall–Kier alpha value is -4.85. The average Bonchev–Trinajstić information content (AvgIpc) is 3.49. The molecule has 3 aromatic carbocycles. The Bertz CT molecular complexity index is 1620. The van der Waals surface area contributed by atoms with Crippen LogP contribution in [0.1, 0.15) is 23.0 Å². The zero-order chi connectivity index (χ0) is 31.6. The molecule has 0 aliphatic carbocycles. The van der Waals surface area contributed by atoms with E-state index >= 15 is 0 Å². The van der Waals surface area contributed by atoms with Crippen LogP contribution in [0.25, 0.3) is 22.4 Å². The minimum atomic E-state index is -1.80. The third kappa shape index (κ3) is 8.60. The Kier molecular flexibility index (Phi) is 11.0. The number of carbonyl (C=O) groups excluding carboxylic acids is 3. The number of nitrogens with one attached hydrogen (secondary N) is 1. The molecule has 0 aliphatic rings. The van der Waals surface area contributed by atoms with Gasteiger partial charge in [-0.05, 0) is 48.4 Å². The number of rotatable bonds is 12. The van der Waals surface area contributed by atoms with Gasteiger partial charge in [0.15, 0.2) is 6.10 Å². The van der Waals surface area contributed by atoms with Crippen LogP contribution in [0.4, 0.5) is 13.6 Å². The first-order valence-electron chi connectivity index (χ1n) is 13.1. The number of benzene rings is 3. The summed E-state index contributed by atoms with van der Waals surface area (Å²) in [5.41, 5.74) is 4.13. The number of halogens is 3. The van der Waals surface area contributed by atoms with E-state index in [9.17, 15) is 28.3 Å². The minimum Gasteiger partial charge on any atom is -0.435 e. The summed E-state index contributed by atoms with van der Waals surface area (Å²) in [7, 11) is 0. The molecule has 1 aromatic heterocycles. The smallest absolute Gasteiger partial charge is 0.435 e. The lowest BCUT2D eigenvalue weighted by atomic mass is 10.0. The molecule has 44 heavy (non-hydrogen) atoms. The van der Waals surface area contributed by atoms with E-state index in [1.165, 1.54) is 47.5 Å². The average molecular weight is 630 g/mol. The summed E-state index contributed by atoms with van der Waals surface area (Å²) >= 11 is 6.01. The largest absolute Gasteiger partial charge is 0.511 e. The number of aliphatic hydroxyl groups is 1. The molecule has 1 heterocycles. The van der Waals surface area contributed by atoms with Crippen molar-refractivity contribution >= 4 is 29.6 Å². The maximum Gasteiger partial charge on any atom is 0.511 e. The molecule has 0 aliphatic heterocycles. The molecule has 0 fully saturated rings. The number of hydrogen-bond donors (Lipinski definition) is 2. The lowest BCUT2D eigenvalue weighted by Gasteiger charge is -2.24. The van der Waals surface area contributed by atoms with Crippen LogP contribution in [0.15, 0.2) is 77.3 Å². The molecule has 230 valence electrons. The van der Waals surface area contributed by atoms with Gasteiger partial charge in [0.05, 0.1) is 13.2 Å². The Morgan fingerprint density at radius 3 is 2.43 bits per heavy atom. The van der Waals surface area contributed by atoms with Gasteiger partial charge in [-0.25, -0.2) is 23.4 Å². The van der Waals surface area contributed by atoms with Gasteiger partial charge in [-0.3, -0.25) is 10.2 Å². The summed E-state index contributed by atoms with van der Waals surface area (Å²) in [6, 6.07) is 17.8. The molecular formula is C30H26ClF2N3O8. The highest BCUT2D eigenvalue weighted by atomic mass is 35.5. The van der Waals surface area contributed by atoms with E-state index in [1.807, 2.05) is 0 Å². The van der Waals surface area contributed by atoms with Crippen molar-refractivity contribution in [1.82, 2.24) is 15.6 Å². The van der Waals surface area contributed by atoms with E-state index in [-0.39, 0.29) is 35.7 Å². The molecule has 0 bridgehead atoms. The zero-order valence-electron chi connectivity index (χ0n) is 23.2. The van der Waals surface area contributed by atoms with Crippen molar-refractivity contribution in [2.75, 3.05) is 19.9 Å². The van der Waals surface area contributed by atoms with E-state index in [0.29, 0.717) is 16.1 Å². The van der Waals surface area contributed by atoms with Gasteiger partial charge >= 0.3 is 18.0 Å². The zero-order valence-corrected chi connectivity index (χ0v) is 23.9. The molecule has 1 amide bonds. The Morgan fingerprint density at radius 2 is 1.70 bits per heavy atom. The summed E-state index contributed by atoms with van der Waals surface area (Å²) < 4.78 is 47.5. The highest BCUT2D eigenvalue weighted by molar-refractivity contribution is 6.30. The number of carbonyl (C=O) groups is 3. The number of aromatic nitrogens is 1. The van der Waals surface area contributed by atoms with Gasteiger partial charge < -0.3 is 23.8 Å². The van der Waals surface area contributed by atoms with E-state index in [4.69, 9.17) is 20.9 Å². The second-order valence-electron chi connectivity index (χ2n) is 9.12. The van der Waals surface area contributed by atoms with Gasteiger partial charge in [-0.15, -0.1) is 0 Å². The highest BCUT2D eigenvalue weighted by Crippen LogP contribution is 2.27. The van der Waals surface area contributed by atoms with E-state index in [1.54, 1.807) is 37.3 Å². The second-order valence-corrected chi connectivity index (χ2v) is 9.56. The molecule has 4 aromatic rings. The summed E-state index contributed by atoms with van der Waals surface area (Å²) in [5.74, 6) is -3.28. The van der Waals surface area contributed by atoms with Crippen molar-refractivity contribution in [3.63, 3.8) is 0 Å². The van der Waals surface area contributed by atoms with Crippen LogP contribution < -0.4 is 5.43 Å². The third-order valence-corrected chi connectivity index (χ3v) is 6.25. The SMILES string of the molecule is CCOC(=O)OCOC(=O)C(O)CN(Cc1ccc(-c2cc(Cl)ccc2F)cc1)NC(=O)c1cc(-c2ccccc2F)no1. The van der Waals surface area contributed by atoms with Gasteiger partial charge in [0.25, 0.3) is 0 Å². The van der Waals surface area contributed by atoms with Crippen molar-refractivity contribution in [3.05, 3.63) is 101 Å². The van der Waals surface area contributed by atoms with Crippen LogP contribution in [-0.2, 0) is 25.5 Å². The van der Waals surface area contributed by atoms with Gasteiger partial charge in [-0.2, -0.15) is 0 Å². The Morgan fingerprint density at radius 1 is 0.977 bits per heavy atom. The molecule has 14 heteroatoms. The fraction of sp³-hybridized carbons (Fsp3) is 0.200. The maximum atomic E-state index is 14.3. The van der Waals surface area contributed by atoms with Crippen LogP contribution in [0.3, 0.4) is 0 Å². The summed E-state index contributed by atoms with van der Waals surface area (Å²) in [6.07, 6.45) is -2.86. The summed E-state index contributed by atoms with van der Waals surface area (Å²) in [6.45, 7) is 0.263. The molecule has 0 saturated heterocycles. The van der Waals surface area contributed by atoms with Crippen LogP contribution in [0.2, 0.25) is 5.02 Å². The lowest BCUT2D eigenvalue weighted by Crippen LogP contribution is -2.47. The van der Waals surface area contributed by atoms with Crippen molar-refractivity contribution in [3.8, 4) is 22.4 Å². The molecule has 0 spiro atoms. The standard InChI is InChI=1S/C30H26ClF2N3O8/c1-2-41-30(40)43-17-42-29(39)26(37)16-36(15-18-7-9-19(10-8-18)22-13-20(31)11-12-24(22)33)34-28(38)27-14-25(35-44-27)21-5-3-4-6-23(21)32/h3-14,26,37H,2,15-17H2,1H3,(H,34,38). The van der Waals surface area contributed by atoms with Crippen LogP contribution in [0.5, 0.6) is 0 Å². The Labute approximate surface area is 254 Å². The minimum absolute atomic E-state index is 0.0477. The van der Waals surface area contributed by atoms with E-state index in [2.05, 4.69) is 20.1 Å². The number of hydrazine groups is 1. The predicted octanol–water partition coefficient (Wildman–Crippen LogP) is 5.12. The molecule has 2 N–H and O–H groups in total. The van der Waals surface area contributed by atoms with Crippen LogP contribution in [0, 0.1) is 11.6 Å². The van der Waals surface area contributed by atoms with Crippen LogP contribution in [-0.4, -0.2) is 59.4 Å². The lowest BCUT2D eigenvalue weighted by molar-refractivity contribution is -0.164. The first kappa shape index (κ1) is 32.1. The van der Waals surface area contributed by atoms with E-state index < -0.39 is 49.1 Å². The Balaban J connectivity index is 1.48. The topological polar surface area (TPSA) is 140 Å². The van der Waals surface area contributed by atoms with Gasteiger partial charge in [-0.1, -0.05) is 53.2 Å². The van der Waals surface area contributed by atoms with Crippen molar-refractivity contribution in [2.24, 2.45) is 0 Å². The molecule has 0 radical (unpaired) electrons. The number of aliphatic hydroxyl groups excluding tert-OH is 1. The van der Waals surface area contributed by atoms with Crippen molar-refractivity contribution in [1.29, 1.82) is 0 Å². The summed E-state index contributed by atoms with van der Waals surface area (Å²) in [5, 5.41) is 15.8. The van der Waals surface area contributed by atoms with Gasteiger partial charge in [0.2, 0.25) is 12.6 Å². The molecule has 1 unspecified atom stereocenters. The quantitative estimate of drug-likeness (QED) is 0.123. The van der Waals surface area contributed by atoms with E-state index in [0.717, 1.165) is 0 Å². The molecule has 0 saturated carbocycles. The molecular weight excluding hydrogens is 604 g/mol. The van der Waals surface area contributed by atoms with Crippen molar-refractivity contribution in [2.45, 2.75) is 19.6 Å². The number of hydrogen-bond acceptors (Lipinski definition) is 10. The normalized spacial score (nSPS) is 11.6. The number of nitrogens with zero attached hydrogens (tertiary/aromatic N) is 2. The first-order chi connectivity index (χ1) is 21.1. The monoisotopic (exact) mass is 629 g/mol. The number of ether oxygens (including phenoxy) is 3. The molecule has 1 atom stereocenters. The molecule has 4 rings (SSSR count). The number of amides is 1. The molecule has 11 nitrogen and oxygen atoms in total. The first-order valence-corrected chi connectivity index (χ1v) is 13.5. The number of esters is 1. The summed E-state index contributed by atoms with van der Waals surface area (Å²) in [4.78, 5) is 36.6. The van der Waals surface area contributed by atoms with Crippen molar-refractivity contribution < 1.29 is 47.0 Å². The van der Waals surface area contributed by atoms with Crippen LogP contribution >= 0.6 is 11.6 Å². The van der Waals surface area contributed by atoms with Gasteiger partial charge in [0.1, 0.15) is 17.3 Å². The predicted molar refractivity (Wildman–Crippen MR) is 152 cm³/mol. The second kappa shape index (κ2) is 15.0. The highest BCUT2D eigenvalue weighted by Gasteiger charge is 2.25. The third-order valence-electron chi connectivity index (χ3n) is 6.02. The maximum absolute atomic E-state index is 14.3.